The van der Waals surface area contributed by atoms with Crippen molar-refractivity contribution in [1.29, 1.82) is 0 Å². The van der Waals surface area contributed by atoms with Gasteiger partial charge in [0.15, 0.2) is 0 Å². The molecule has 0 bridgehead atoms. The van der Waals surface area contributed by atoms with Crippen molar-refractivity contribution in [2.75, 3.05) is 4.90 Å². The highest BCUT2D eigenvalue weighted by Gasteiger charge is 2.18. The van der Waals surface area contributed by atoms with E-state index in [1.54, 1.807) is 35.4 Å². The SMILES string of the molecule is CC(C)NC(=O)N(Cc1ccc(F)cc1)c1cccc(CC(=O)NCc2ccco2)c1. The Kier molecular flexibility index (Phi) is 7.43. The first-order valence-corrected chi connectivity index (χ1v) is 10.1. The molecule has 0 spiro atoms. The molecule has 3 amide bonds. The lowest BCUT2D eigenvalue weighted by Gasteiger charge is -2.25. The van der Waals surface area contributed by atoms with Crippen LogP contribution in [0.3, 0.4) is 0 Å². The fourth-order valence-electron chi connectivity index (χ4n) is 3.06. The number of urea groups is 1. The molecule has 0 radical (unpaired) electrons. The summed E-state index contributed by atoms with van der Waals surface area (Å²) in [7, 11) is 0. The molecule has 0 aliphatic heterocycles. The van der Waals surface area contributed by atoms with E-state index < -0.39 is 0 Å². The molecule has 2 N–H and O–H groups in total. The summed E-state index contributed by atoms with van der Waals surface area (Å²) in [5.41, 5.74) is 2.22. The van der Waals surface area contributed by atoms with Gasteiger partial charge < -0.3 is 15.1 Å². The summed E-state index contributed by atoms with van der Waals surface area (Å²) in [5.74, 6) is 0.202. The van der Waals surface area contributed by atoms with Crippen LogP contribution in [0.1, 0.15) is 30.7 Å². The Morgan fingerprint density at radius 3 is 2.48 bits per heavy atom. The zero-order valence-corrected chi connectivity index (χ0v) is 17.6. The Bertz CT molecular complexity index is 1000. The van der Waals surface area contributed by atoms with Gasteiger partial charge in [-0.05, 0) is 61.4 Å². The Morgan fingerprint density at radius 2 is 1.81 bits per heavy atom. The summed E-state index contributed by atoms with van der Waals surface area (Å²) in [4.78, 5) is 26.7. The number of amides is 3. The lowest BCUT2D eigenvalue weighted by molar-refractivity contribution is -0.120. The van der Waals surface area contributed by atoms with Gasteiger partial charge in [-0.15, -0.1) is 0 Å². The maximum Gasteiger partial charge on any atom is 0.322 e. The average Bonchev–Trinajstić information content (AvgIpc) is 3.25. The molecule has 0 saturated heterocycles. The third-order valence-corrected chi connectivity index (χ3v) is 4.54. The number of halogens is 1. The molecule has 7 heteroatoms. The highest BCUT2D eigenvalue weighted by molar-refractivity contribution is 5.92. The molecule has 2 aromatic carbocycles. The molecule has 3 rings (SSSR count). The molecule has 6 nitrogen and oxygen atoms in total. The number of hydrogen-bond acceptors (Lipinski definition) is 3. The van der Waals surface area contributed by atoms with Crippen molar-refractivity contribution in [1.82, 2.24) is 10.6 Å². The van der Waals surface area contributed by atoms with E-state index in [-0.39, 0.29) is 36.8 Å². The van der Waals surface area contributed by atoms with Crippen LogP contribution in [0.15, 0.2) is 71.3 Å². The van der Waals surface area contributed by atoms with Gasteiger partial charge in [0.1, 0.15) is 11.6 Å². The lowest BCUT2D eigenvalue weighted by atomic mass is 10.1. The summed E-state index contributed by atoms with van der Waals surface area (Å²) in [6, 6.07) is 16.6. The van der Waals surface area contributed by atoms with Crippen LogP contribution >= 0.6 is 0 Å². The number of nitrogens with zero attached hydrogens (tertiary/aromatic N) is 1. The Hall–Kier alpha value is -3.61. The van der Waals surface area contributed by atoms with Crippen molar-refractivity contribution in [3.63, 3.8) is 0 Å². The van der Waals surface area contributed by atoms with E-state index in [0.717, 1.165) is 11.1 Å². The molecule has 0 aliphatic rings. The Labute approximate surface area is 181 Å². The molecular weight excluding hydrogens is 397 g/mol. The quantitative estimate of drug-likeness (QED) is 0.564. The fraction of sp³-hybridized carbons (Fsp3) is 0.250. The van der Waals surface area contributed by atoms with Gasteiger partial charge in [-0.2, -0.15) is 0 Å². The molecule has 31 heavy (non-hydrogen) atoms. The average molecular weight is 423 g/mol. The van der Waals surface area contributed by atoms with Crippen LogP contribution in [0, 0.1) is 5.82 Å². The molecule has 0 unspecified atom stereocenters. The van der Waals surface area contributed by atoms with E-state index in [1.165, 1.54) is 12.1 Å². The van der Waals surface area contributed by atoms with E-state index in [9.17, 15) is 14.0 Å². The second-order valence-corrected chi connectivity index (χ2v) is 7.52. The van der Waals surface area contributed by atoms with E-state index in [1.807, 2.05) is 38.1 Å². The van der Waals surface area contributed by atoms with Crippen LogP contribution in [0.2, 0.25) is 0 Å². The number of nitrogens with one attached hydrogen (secondary N) is 2. The predicted molar refractivity (Wildman–Crippen MR) is 117 cm³/mol. The zero-order valence-electron chi connectivity index (χ0n) is 17.6. The topological polar surface area (TPSA) is 74.6 Å². The third-order valence-electron chi connectivity index (χ3n) is 4.54. The monoisotopic (exact) mass is 423 g/mol. The largest absolute Gasteiger partial charge is 0.467 e. The van der Waals surface area contributed by atoms with Gasteiger partial charge in [0.2, 0.25) is 5.91 Å². The number of hydrogen-bond donors (Lipinski definition) is 2. The molecule has 0 fully saturated rings. The molecule has 0 saturated carbocycles. The summed E-state index contributed by atoms with van der Waals surface area (Å²) >= 11 is 0. The lowest BCUT2D eigenvalue weighted by Crippen LogP contribution is -2.42. The van der Waals surface area contributed by atoms with E-state index in [4.69, 9.17) is 4.42 Å². The third kappa shape index (κ3) is 6.70. The van der Waals surface area contributed by atoms with Crippen molar-refractivity contribution in [2.45, 2.75) is 39.4 Å². The molecule has 0 atom stereocenters. The van der Waals surface area contributed by atoms with Crippen LogP contribution < -0.4 is 15.5 Å². The first-order valence-electron chi connectivity index (χ1n) is 10.1. The second kappa shape index (κ2) is 10.4. The summed E-state index contributed by atoms with van der Waals surface area (Å²) < 4.78 is 18.5. The summed E-state index contributed by atoms with van der Waals surface area (Å²) in [6.07, 6.45) is 1.73. The maximum absolute atomic E-state index is 13.3. The highest BCUT2D eigenvalue weighted by Crippen LogP contribution is 2.20. The van der Waals surface area contributed by atoms with Crippen molar-refractivity contribution < 1.29 is 18.4 Å². The van der Waals surface area contributed by atoms with E-state index in [2.05, 4.69) is 10.6 Å². The van der Waals surface area contributed by atoms with Crippen LogP contribution in [0.4, 0.5) is 14.9 Å². The standard InChI is InChI=1S/C24H26FN3O3/c1-17(2)27-24(30)28(16-18-8-10-20(25)11-9-18)21-6-3-5-19(13-21)14-23(29)26-15-22-7-4-12-31-22/h3-13,17H,14-16H2,1-2H3,(H,26,29)(H,27,30). The van der Waals surface area contributed by atoms with Gasteiger partial charge in [0.05, 0.1) is 25.8 Å². The Balaban J connectivity index is 1.74. The van der Waals surface area contributed by atoms with Gasteiger partial charge in [0.25, 0.3) is 0 Å². The maximum atomic E-state index is 13.3. The second-order valence-electron chi connectivity index (χ2n) is 7.52. The Morgan fingerprint density at radius 1 is 1.03 bits per heavy atom. The molecule has 162 valence electrons. The van der Waals surface area contributed by atoms with Gasteiger partial charge in [-0.3, -0.25) is 9.69 Å². The predicted octanol–water partition coefficient (Wildman–Crippen LogP) is 4.40. The number of carbonyl (C=O) groups is 2. The van der Waals surface area contributed by atoms with Gasteiger partial charge >= 0.3 is 6.03 Å². The highest BCUT2D eigenvalue weighted by atomic mass is 19.1. The van der Waals surface area contributed by atoms with Crippen molar-refractivity contribution in [2.24, 2.45) is 0 Å². The molecule has 0 aliphatic carbocycles. The first-order chi connectivity index (χ1) is 14.9. The fourth-order valence-corrected chi connectivity index (χ4v) is 3.06. The van der Waals surface area contributed by atoms with Crippen LogP contribution in [0.5, 0.6) is 0 Å². The van der Waals surface area contributed by atoms with Crippen LogP contribution in [-0.2, 0) is 24.3 Å². The zero-order chi connectivity index (χ0) is 22.2. The van der Waals surface area contributed by atoms with E-state index >= 15 is 0 Å². The van der Waals surface area contributed by atoms with Crippen molar-refractivity contribution >= 4 is 17.6 Å². The summed E-state index contributed by atoms with van der Waals surface area (Å²) in [5, 5.41) is 5.71. The van der Waals surface area contributed by atoms with Crippen LogP contribution in [-0.4, -0.2) is 18.0 Å². The van der Waals surface area contributed by atoms with Crippen molar-refractivity contribution in [3.8, 4) is 0 Å². The minimum Gasteiger partial charge on any atom is -0.467 e. The van der Waals surface area contributed by atoms with Gasteiger partial charge in [-0.1, -0.05) is 24.3 Å². The van der Waals surface area contributed by atoms with E-state index in [0.29, 0.717) is 18.0 Å². The first kappa shape index (κ1) is 22.1. The number of rotatable bonds is 8. The normalized spacial score (nSPS) is 10.7. The van der Waals surface area contributed by atoms with Crippen molar-refractivity contribution in [3.05, 3.63) is 89.6 Å². The number of furan rings is 1. The number of carbonyl (C=O) groups excluding carboxylic acids is 2. The minimum atomic E-state index is -0.329. The van der Waals surface area contributed by atoms with Crippen LogP contribution in [0.25, 0.3) is 0 Å². The molecule has 1 heterocycles. The minimum absolute atomic E-state index is 0.0428. The smallest absolute Gasteiger partial charge is 0.322 e. The molecule has 3 aromatic rings. The summed E-state index contributed by atoms with van der Waals surface area (Å²) in [6.45, 7) is 4.35. The molecular formula is C24H26FN3O3. The molecule has 1 aromatic heterocycles. The number of anilines is 1. The number of benzene rings is 2. The van der Waals surface area contributed by atoms with Gasteiger partial charge in [0, 0.05) is 11.7 Å². The van der Waals surface area contributed by atoms with Gasteiger partial charge in [-0.25, -0.2) is 9.18 Å².